The minimum Gasteiger partial charge on any atom is -0.480 e. The monoisotopic (exact) mass is 584 g/mol. The average Bonchev–Trinajstić information content (AvgIpc) is 2.95. The first-order chi connectivity index (χ1) is 19.6. The number of pyridine rings is 2. The molecule has 0 spiro atoms. The predicted octanol–water partition coefficient (Wildman–Crippen LogP) is 3.51. The summed E-state index contributed by atoms with van der Waals surface area (Å²) in [4.78, 5) is 22.1. The van der Waals surface area contributed by atoms with Gasteiger partial charge < -0.3 is 25.4 Å². The van der Waals surface area contributed by atoms with E-state index < -0.39 is 26.6 Å². The van der Waals surface area contributed by atoms with Gasteiger partial charge in [-0.25, -0.2) is 32.0 Å². The van der Waals surface area contributed by atoms with Crippen molar-refractivity contribution in [2.24, 2.45) is 0 Å². The van der Waals surface area contributed by atoms with Crippen molar-refractivity contribution in [3.63, 3.8) is 0 Å². The molecule has 5 rings (SSSR count). The van der Waals surface area contributed by atoms with Crippen LogP contribution in [0.1, 0.15) is 5.56 Å². The lowest BCUT2D eigenvalue weighted by Crippen LogP contribution is -2.45. The van der Waals surface area contributed by atoms with Gasteiger partial charge in [-0.05, 0) is 42.0 Å². The normalized spacial score (nSPS) is 13.7. The van der Waals surface area contributed by atoms with Crippen molar-refractivity contribution < 1.29 is 31.5 Å². The third-order valence-corrected chi connectivity index (χ3v) is 7.86. The number of nitrogens with one attached hydrogen (secondary N) is 2. The molecular weight excluding hydrogens is 558 g/mol. The number of sulfonamides is 1. The summed E-state index contributed by atoms with van der Waals surface area (Å²) in [6.45, 7) is 2.16. The number of carbonyl (C=O) groups excluding carboxylic acids is 1. The number of fused-ring (bicyclic) bond motifs is 1. The summed E-state index contributed by atoms with van der Waals surface area (Å²) in [6, 6.07) is 10.6. The number of benzene rings is 2. The van der Waals surface area contributed by atoms with Crippen LogP contribution in [0.4, 0.5) is 25.1 Å². The highest BCUT2D eigenvalue weighted by Gasteiger charge is 2.22. The smallest absolute Gasteiger partial charge is 0.317 e. The zero-order chi connectivity index (χ0) is 29.1. The molecule has 0 bridgehead atoms. The second-order valence-corrected chi connectivity index (χ2v) is 10.8. The van der Waals surface area contributed by atoms with Gasteiger partial charge in [0.1, 0.15) is 28.0 Å². The Kier molecular flexibility index (Phi) is 7.85. The Labute approximate surface area is 234 Å². The van der Waals surface area contributed by atoms with Crippen molar-refractivity contribution in [2.45, 2.75) is 11.4 Å². The number of halogens is 2. The first-order valence-corrected chi connectivity index (χ1v) is 13.9. The highest BCUT2D eigenvalue weighted by Crippen LogP contribution is 2.32. The van der Waals surface area contributed by atoms with Crippen molar-refractivity contribution in [1.82, 2.24) is 20.2 Å². The second kappa shape index (κ2) is 11.5. The van der Waals surface area contributed by atoms with E-state index in [4.69, 9.17) is 15.2 Å². The molecule has 2 amide bonds. The lowest BCUT2D eigenvalue weighted by molar-refractivity contribution is 0.0531. The summed E-state index contributed by atoms with van der Waals surface area (Å²) in [5, 5.41) is 3.58. The van der Waals surface area contributed by atoms with E-state index in [1.807, 2.05) is 12.1 Å². The lowest BCUT2D eigenvalue weighted by Gasteiger charge is -2.27. The summed E-state index contributed by atoms with van der Waals surface area (Å²) in [5.74, 6) is -1.91. The van der Waals surface area contributed by atoms with E-state index in [-0.39, 0.29) is 30.0 Å². The molecule has 1 fully saturated rings. The minimum absolute atomic E-state index is 0.0456. The van der Waals surface area contributed by atoms with Gasteiger partial charge in [0.05, 0.1) is 25.8 Å². The van der Waals surface area contributed by atoms with Gasteiger partial charge in [-0.2, -0.15) is 0 Å². The number of nitrogens with two attached hydrogens (primary N) is 1. The molecule has 3 heterocycles. The predicted molar refractivity (Wildman–Crippen MR) is 148 cm³/mol. The number of amides is 2. The number of methoxy groups -OCH3 is 1. The van der Waals surface area contributed by atoms with Gasteiger partial charge in [0, 0.05) is 48.4 Å². The first kappa shape index (κ1) is 28.0. The van der Waals surface area contributed by atoms with Crippen LogP contribution in [-0.4, -0.2) is 62.7 Å². The van der Waals surface area contributed by atoms with Gasteiger partial charge in [-0.1, -0.05) is 6.07 Å². The van der Waals surface area contributed by atoms with Crippen LogP contribution < -0.4 is 20.5 Å². The maximum absolute atomic E-state index is 14.2. The lowest BCUT2D eigenvalue weighted by atomic mass is 10.0. The second-order valence-electron chi connectivity index (χ2n) is 9.16. The molecule has 4 N–H and O–H groups in total. The Morgan fingerprint density at radius 1 is 1.10 bits per heavy atom. The van der Waals surface area contributed by atoms with Crippen LogP contribution in [0.5, 0.6) is 5.88 Å². The molecule has 0 unspecified atom stereocenters. The number of carbonyl (C=O) groups is 1. The molecule has 2 aromatic heterocycles. The van der Waals surface area contributed by atoms with Crippen LogP contribution in [0.25, 0.3) is 22.0 Å². The number of hydrogen-bond donors (Lipinski definition) is 3. The Bertz CT molecular complexity index is 1730. The number of urea groups is 1. The number of nitrogens with zero attached hydrogens (tertiary/aromatic N) is 3. The summed E-state index contributed by atoms with van der Waals surface area (Å²) < 4.78 is 66.1. The first-order valence-electron chi connectivity index (χ1n) is 12.5. The van der Waals surface area contributed by atoms with Crippen LogP contribution in [-0.2, 0) is 21.3 Å². The summed E-state index contributed by atoms with van der Waals surface area (Å²) >= 11 is 0. The molecule has 214 valence electrons. The fraction of sp³-hybridized carbons (Fsp3) is 0.222. The van der Waals surface area contributed by atoms with Crippen LogP contribution in [0.2, 0.25) is 0 Å². The highest BCUT2D eigenvalue weighted by molar-refractivity contribution is 7.92. The van der Waals surface area contributed by atoms with E-state index in [1.165, 1.54) is 19.4 Å². The molecule has 0 saturated carbocycles. The largest absolute Gasteiger partial charge is 0.480 e. The summed E-state index contributed by atoms with van der Waals surface area (Å²) in [5.41, 5.74) is 8.52. The van der Waals surface area contributed by atoms with Gasteiger partial charge in [0.15, 0.2) is 0 Å². The standard InChI is InChI=1S/C27H26F2N6O5S/c1-39-26-23(34-41(37,38)24-5-3-20(28)13-21(24)29)12-18(14-31-26)16-2-4-22-17(10-16)11-19(25(30)33-22)15-32-27(36)35-6-8-40-9-7-35/h2-5,10-14,34H,6-9,15H2,1H3,(H2,30,33)(H,32,36). The van der Waals surface area contributed by atoms with Crippen molar-refractivity contribution in [1.29, 1.82) is 0 Å². The number of morpholine rings is 1. The van der Waals surface area contributed by atoms with Gasteiger partial charge in [0.2, 0.25) is 5.88 Å². The molecule has 1 aliphatic rings. The maximum atomic E-state index is 14.2. The topological polar surface area (TPSA) is 149 Å². The Balaban J connectivity index is 1.42. The number of ether oxygens (including phenoxy) is 2. The van der Waals surface area contributed by atoms with Gasteiger partial charge >= 0.3 is 6.03 Å². The van der Waals surface area contributed by atoms with Crippen LogP contribution in [0, 0.1) is 11.6 Å². The zero-order valence-electron chi connectivity index (χ0n) is 21.9. The van der Waals surface area contributed by atoms with Crippen molar-refractivity contribution in [3.8, 4) is 17.0 Å². The van der Waals surface area contributed by atoms with Gasteiger partial charge in [-0.3, -0.25) is 4.72 Å². The van der Waals surface area contributed by atoms with Crippen molar-refractivity contribution >= 4 is 38.5 Å². The maximum Gasteiger partial charge on any atom is 0.317 e. The molecule has 0 atom stereocenters. The summed E-state index contributed by atoms with van der Waals surface area (Å²) in [7, 11) is -3.13. The molecular formula is C27H26F2N6O5S. The average molecular weight is 585 g/mol. The third-order valence-electron chi connectivity index (χ3n) is 6.46. The number of nitrogen functional groups attached to an aromatic ring is 1. The SMILES string of the molecule is COc1ncc(-c2ccc3nc(N)c(CNC(=O)N4CCOCC4)cc3c2)cc1NS(=O)(=O)c1ccc(F)cc1F. The zero-order valence-corrected chi connectivity index (χ0v) is 22.7. The molecule has 0 radical (unpaired) electrons. The molecule has 1 aliphatic heterocycles. The van der Waals surface area contributed by atoms with E-state index in [0.717, 1.165) is 17.5 Å². The van der Waals surface area contributed by atoms with Crippen molar-refractivity contribution in [3.05, 3.63) is 71.9 Å². The fourth-order valence-electron chi connectivity index (χ4n) is 4.34. The number of aromatic nitrogens is 2. The van der Waals surface area contributed by atoms with E-state index in [1.54, 1.807) is 17.0 Å². The third kappa shape index (κ3) is 6.12. The molecule has 11 nitrogen and oxygen atoms in total. The molecule has 41 heavy (non-hydrogen) atoms. The number of hydrogen-bond acceptors (Lipinski definition) is 8. The summed E-state index contributed by atoms with van der Waals surface area (Å²) in [6.07, 6.45) is 1.49. The van der Waals surface area contributed by atoms with E-state index >= 15 is 0 Å². The van der Waals surface area contributed by atoms with E-state index in [2.05, 4.69) is 20.0 Å². The van der Waals surface area contributed by atoms with Crippen LogP contribution >= 0.6 is 0 Å². The van der Waals surface area contributed by atoms with E-state index in [9.17, 15) is 22.0 Å². The Hall–Kier alpha value is -4.56. The van der Waals surface area contributed by atoms with Crippen LogP contribution in [0.15, 0.2) is 59.6 Å². The molecule has 2 aromatic carbocycles. The molecule has 1 saturated heterocycles. The molecule has 0 aliphatic carbocycles. The van der Waals surface area contributed by atoms with E-state index in [0.29, 0.717) is 54.6 Å². The minimum atomic E-state index is -4.44. The van der Waals surface area contributed by atoms with Gasteiger partial charge in [0.25, 0.3) is 10.0 Å². The fourth-order valence-corrected chi connectivity index (χ4v) is 5.45. The van der Waals surface area contributed by atoms with Crippen molar-refractivity contribution in [2.75, 3.05) is 43.9 Å². The highest BCUT2D eigenvalue weighted by atomic mass is 32.2. The van der Waals surface area contributed by atoms with Crippen LogP contribution in [0.3, 0.4) is 0 Å². The Morgan fingerprint density at radius 3 is 2.61 bits per heavy atom. The number of rotatable bonds is 7. The molecule has 4 aromatic rings. The Morgan fingerprint density at radius 2 is 1.88 bits per heavy atom. The van der Waals surface area contributed by atoms with Gasteiger partial charge in [-0.15, -0.1) is 0 Å². The quantitative estimate of drug-likeness (QED) is 0.299. The molecule has 14 heteroatoms. The number of anilines is 2.